The number of carbonyl (C=O) groups excluding carboxylic acids is 1. The van der Waals surface area contributed by atoms with Crippen molar-refractivity contribution in [2.45, 2.75) is 64.1 Å². The van der Waals surface area contributed by atoms with E-state index in [0.717, 1.165) is 34.2 Å². The minimum atomic E-state index is -0.489. The lowest BCUT2D eigenvalue weighted by Crippen LogP contribution is -2.41. The van der Waals surface area contributed by atoms with Crippen LogP contribution in [0.3, 0.4) is 0 Å². The lowest BCUT2D eigenvalue weighted by atomic mass is 10.0. The summed E-state index contributed by atoms with van der Waals surface area (Å²) in [5.74, 6) is 1.42. The molecule has 3 unspecified atom stereocenters. The second-order valence-electron chi connectivity index (χ2n) is 8.18. The molecule has 1 aromatic carbocycles. The molecule has 6 heteroatoms. The number of hydrogen-bond donors (Lipinski definition) is 1. The van der Waals surface area contributed by atoms with Gasteiger partial charge in [-0.05, 0) is 64.2 Å². The zero-order valence-corrected chi connectivity index (χ0v) is 16.5. The van der Waals surface area contributed by atoms with Gasteiger partial charge in [0.2, 0.25) is 0 Å². The number of imidazole rings is 1. The molecule has 2 aromatic rings. The molecule has 2 fully saturated rings. The van der Waals surface area contributed by atoms with Gasteiger partial charge in [-0.1, -0.05) is 22.4 Å². The van der Waals surface area contributed by atoms with Gasteiger partial charge < -0.3 is 9.72 Å². The van der Waals surface area contributed by atoms with Crippen LogP contribution in [0.4, 0.5) is 4.79 Å². The summed E-state index contributed by atoms with van der Waals surface area (Å²) in [4.78, 5) is 23.1. The van der Waals surface area contributed by atoms with Gasteiger partial charge in [-0.3, -0.25) is 4.90 Å². The molecule has 4 rings (SSSR count). The van der Waals surface area contributed by atoms with Crippen molar-refractivity contribution in [1.82, 2.24) is 14.9 Å². The standard InChI is InChI=1S/C19H24BrN3O2/c1-19(2,3)25-18(24)23-15-6-4-5-11(15)9-16(23)17-21-13-8-7-12(20)10-14(13)22-17/h7-8,10-11,15-16H,4-6,9H2,1-3H3,(H,21,22). The van der Waals surface area contributed by atoms with E-state index < -0.39 is 5.60 Å². The van der Waals surface area contributed by atoms with Crippen LogP contribution < -0.4 is 0 Å². The monoisotopic (exact) mass is 405 g/mol. The van der Waals surface area contributed by atoms with Crippen LogP contribution in [0.5, 0.6) is 0 Å². The largest absolute Gasteiger partial charge is 0.444 e. The first-order chi connectivity index (χ1) is 11.8. The number of hydrogen-bond acceptors (Lipinski definition) is 3. The van der Waals surface area contributed by atoms with E-state index >= 15 is 0 Å². The molecule has 1 amide bonds. The Morgan fingerprint density at radius 1 is 1.36 bits per heavy atom. The van der Waals surface area contributed by atoms with Crippen molar-refractivity contribution in [1.29, 1.82) is 0 Å². The van der Waals surface area contributed by atoms with Gasteiger partial charge in [0.25, 0.3) is 0 Å². The molecule has 3 atom stereocenters. The first-order valence-electron chi connectivity index (χ1n) is 8.98. The van der Waals surface area contributed by atoms with Gasteiger partial charge in [-0.15, -0.1) is 0 Å². The maximum atomic E-state index is 12.9. The number of benzene rings is 1. The molecule has 0 spiro atoms. The molecule has 1 N–H and O–H groups in total. The van der Waals surface area contributed by atoms with Crippen molar-refractivity contribution in [3.63, 3.8) is 0 Å². The highest BCUT2D eigenvalue weighted by atomic mass is 79.9. The fourth-order valence-corrected chi connectivity index (χ4v) is 4.63. The predicted molar refractivity (Wildman–Crippen MR) is 100 cm³/mol. The third kappa shape index (κ3) is 3.16. The average molecular weight is 406 g/mol. The number of likely N-dealkylation sites (tertiary alicyclic amines) is 1. The molecule has 0 bridgehead atoms. The van der Waals surface area contributed by atoms with Gasteiger partial charge in [0, 0.05) is 10.5 Å². The quantitative estimate of drug-likeness (QED) is 0.710. The molecular weight excluding hydrogens is 382 g/mol. The Hall–Kier alpha value is -1.56. The predicted octanol–water partition coefficient (Wildman–Crippen LogP) is 5.18. The lowest BCUT2D eigenvalue weighted by molar-refractivity contribution is 0.0130. The summed E-state index contributed by atoms with van der Waals surface area (Å²) in [7, 11) is 0. The number of fused-ring (bicyclic) bond motifs is 2. The lowest BCUT2D eigenvalue weighted by Gasteiger charge is -2.31. The Balaban J connectivity index is 1.69. The third-order valence-electron chi connectivity index (χ3n) is 5.22. The number of amides is 1. The first-order valence-corrected chi connectivity index (χ1v) is 9.77. The van der Waals surface area contributed by atoms with Crippen LogP contribution in [0, 0.1) is 5.92 Å². The third-order valence-corrected chi connectivity index (χ3v) is 5.71. The van der Waals surface area contributed by atoms with Crippen molar-refractivity contribution in [3.05, 3.63) is 28.5 Å². The summed E-state index contributed by atoms with van der Waals surface area (Å²) in [6.07, 6.45) is 4.19. The second kappa shape index (κ2) is 6.01. The molecule has 1 saturated carbocycles. The number of nitrogens with one attached hydrogen (secondary N) is 1. The molecule has 25 heavy (non-hydrogen) atoms. The number of nitrogens with zero attached hydrogens (tertiary/aromatic N) is 2. The van der Waals surface area contributed by atoms with Crippen molar-refractivity contribution in [3.8, 4) is 0 Å². The van der Waals surface area contributed by atoms with Crippen LogP contribution in [0.25, 0.3) is 11.0 Å². The summed E-state index contributed by atoms with van der Waals surface area (Å²) >= 11 is 3.50. The fourth-order valence-electron chi connectivity index (χ4n) is 4.27. The van der Waals surface area contributed by atoms with E-state index in [9.17, 15) is 4.79 Å². The summed E-state index contributed by atoms with van der Waals surface area (Å²) in [6, 6.07) is 6.25. The number of aromatic nitrogens is 2. The zero-order chi connectivity index (χ0) is 17.8. The summed E-state index contributed by atoms with van der Waals surface area (Å²) in [5, 5.41) is 0. The number of halogens is 1. The Kier molecular flexibility index (Phi) is 4.06. The van der Waals surface area contributed by atoms with Gasteiger partial charge in [-0.2, -0.15) is 0 Å². The Bertz CT molecular complexity index is 811. The van der Waals surface area contributed by atoms with Gasteiger partial charge in [-0.25, -0.2) is 9.78 Å². The molecule has 2 aliphatic rings. The van der Waals surface area contributed by atoms with E-state index in [2.05, 4.69) is 20.9 Å². The molecule has 1 aliphatic carbocycles. The Morgan fingerprint density at radius 2 is 2.16 bits per heavy atom. The number of ether oxygens (including phenoxy) is 1. The van der Waals surface area contributed by atoms with Crippen LogP contribution in [-0.2, 0) is 4.74 Å². The molecule has 5 nitrogen and oxygen atoms in total. The van der Waals surface area contributed by atoms with Gasteiger partial charge in [0.1, 0.15) is 11.4 Å². The summed E-state index contributed by atoms with van der Waals surface area (Å²) < 4.78 is 6.73. The number of aromatic amines is 1. The Morgan fingerprint density at radius 3 is 2.92 bits per heavy atom. The molecule has 0 radical (unpaired) electrons. The van der Waals surface area contributed by atoms with E-state index in [1.165, 1.54) is 12.8 Å². The molecule has 134 valence electrons. The molecule has 2 heterocycles. The highest BCUT2D eigenvalue weighted by Gasteiger charge is 2.48. The molecule has 1 saturated heterocycles. The second-order valence-corrected chi connectivity index (χ2v) is 9.10. The molecule has 1 aliphatic heterocycles. The van der Waals surface area contributed by atoms with E-state index in [1.54, 1.807) is 0 Å². The van der Waals surface area contributed by atoms with Crippen LogP contribution in [0.2, 0.25) is 0 Å². The van der Waals surface area contributed by atoms with Crippen molar-refractivity contribution < 1.29 is 9.53 Å². The number of rotatable bonds is 1. The fraction of sp³-hybridized carbons (Fsp3) is 0.579. The van der Waals surface area contributed by atoms with Crippen LogP contribution >= 0.6 is 15.9 Å². The molecular formula is C19H24BrN3O2. The number of H-pyrrole nitrogens is 1. The Labute approximate surface area is 156 Å². The van der Waals surface area contributed by atoms with Crippen molar-refractivity contribution >= 4 is 33.1 Å². The highest BCUT2D eigenvalue weighted by molar-refractivity contribution is 9.10. The van der Waals surface area contributed by atoms with Gasteiger partial charge in [0.15, 0.2) is 0 Å². The van der Waals surface area contributed by atoms with Crippen molar-refractivity contribution in [2.75, 3.05) is 0 Å². The number of carbonyl (C=O) groups is 1. The average Bonchev–Trinajstić information content (AvgIpc) is 3.16. The van der Waals surface area contributed by atoms with Gasteiger partial charge in [0.05, 0.1) is 17.1 Å². The highest BCUT2D eigenvalue weighted by Crippen LogP contribution is 2.47. The maximum Gasteiger partial charge on any atom is 0.411 e. The van der Waals surface area contributed by atoms with Gasteiger partial charge >= 0.3 is 6.09 Å². The SMILES string of the molecule is CC(C)(C)OC(=O)N1C(c2nc3ccc(Br)cc3[nH]2)CC2CCCC21. The van der Waals surface area contributed by atoms with E-state index in [4.69, 9.17) is 9.72 Å². The summed E-state index contributed by atoms with van der Waals surface area (Å²) in [6.45, 7) is 5.75. The zero-order valence-electron chi connectivity index (χ0n) is 14.9. The van der Waals surface area contributed by atoms with E-state index in [1.807, 2.05) is 43.9 Å². The normalized spacial score (nSPS) is 26.2. The van der Waals surface area contributed by atoms with E-state index in [-0.39, 0.29) is 18.2 Å². The van der Waals surface area contributed by atoms with Crippen molar-refractivity contribution in [2.24, 2.45) is 5.92 Å². The van der Waals surface area contributed by atoms with Crippen LogP contribution in [-0.4, -0.2) is 32.6 Å². The minimum absolute atomic E-state index is 0.0312. The smallest absolute Gasteiger partial charge is 0.411 e. The molecule has 1 aromatic heterocycles. The van der Waals surface area contributed by atoms with Crippen LogP contribution in [0.1, 0.15) is 58.3 Å². The topological polar surface area (TPSA) is 58.2 Å². The van der Waals surface area contributed by atoms with E-state index in [0.29, 0.717) is 5.92 Å². The first kappa shape index (κ1) is 16.9. The maximum absolute atomic E-state index is 12.9. The van der Waals surface area contributed by atoms with Crippen LogP contribution in [0.15, 0.2) is 22.7 Å². The summed E-state index contributed by atoms with van der Waals surface area (Å²) in [5.41, 5.74) is 1.43. The minimum Gasteiger partial charge on any atom is -0.444 e.